The first-order valence-corrected chi connectivity index (χ1v) is 8.02. The smallest absolute Gasteiger partial charge is 0.117 e. The molecule has 0 aromatic carbocycles. The Labute approximate surface area is 130 Å². The van der Waals surface area contributed by atoms with Crippen LogP contribution in [0.3, 0.4) is 0 Å². The number of rotatable bonds is 12. The van der Waals surface area contributed by atoms with Gasteiger partial charge in [0.05, 0.1) is 18.3 Å². The van der Waals surface area contributed by atoms with Crippen LogP contribution in [0.5, 0.6) is 0 Å². The molecule has 4 heteroatoms. The fraction of sp³-hybridized carbons (Fsp3) is 0.765. The fourth-order valence-corrected chi connectivity index (χ4v) is 2.26. The van der Waals surface area contributed by atoms with Crippen LogP contribution in [0.4, 0.5) is 0 Å². The number of allylic oxidation sites excluding steroid dienone is 2. The van der Waals surface area contributed by atoms with Crippen molar-refractivity contribution in [2.45, 2.75) is 65.1 Å². The second kappa shape index (κ2) is 11.8. The third-order valence-electron chi connectivity index (χ3n) is 3.16. The van der Waals surface area contributed by atoms with Crippen molar-refractivity contribution >= 4 is 0 Å². The highest BCUT2D eigenvalue weighted by Gasteiger charge is 2.25. The molecule has 0 spiro atoms. The summed E-state index contributed by atoms with van der Waals surface area (Å²) in [5, 5.41) is 10.5. The molecule has 0 saturated carbocycles. The van der Waals surface area contributed by atoms with Crippen LogP contribution in [0, 0.1) is 0 Å². The van der Waals surface area contributed by atoms with Gasteiger partial charge in [0, 0.05) is 6.54 Å². The topological polar surface area (TPSA) is 64.7 Å². The van der Waals surface area contributed by atoms with Gasteiger partial charge >= 0.3 is 0 Å². The highest BCUT2D eigenvalue weighted by Crippen LogP contribution is 2.21. The molecule has 21 heavy (non-hydrogen) atoms. The van der Waals surface area contributed by atoms with E-state index in [2.05, 4.69) is 13.8 Å². The minimum Gasteiger partial charge on any atom is -0.493 e. The third kappa shape index (κ3) is 9.67. The van der Waals surface area contributed by atoms with Gasteiger partial charge in [-0.15, -0.1) is 0 Å². The largest absolute Gasteiger partial charge is 0.493 e. The van der Waals surface area contributed by atoms with E-state index in [-0.39, 0.29) is 6.10 Å². The van der Waals surface area contributed by atoms with Gasteiger partial charge in [0.25, 0.3) is 0 Å². The average molecular weight is 299 g/mol. The Hall–Kier alpha value is -0.840. The van der Waals surface area contributed by atoms with E-state index in [4.69, 9.17) is 15.2 Å². The molecule has 0 fully saturated rings. The summed E-state index contributed by atoms with van der Waals surface area (Å²) in [7, 11) is 0. The third-order valence-corrected chi connectivity index (χ3v) is 3.16. The predicted molar refractivity (Wildman–Crippen MR) is 88.1 cm³/mol. The first-order chi connectivity index (χ1) is 10.0. The van der Waals surface area contributed by atoms with E-state index in [0.717, 1.165) is 31.4 Å². The zero-order chi connectivity index (χ0) is 16.1. The van der Waals surface area contributed by atoms with Crippen molar-refractivity contribution in [2.75, 3.05) is 19.8 Å². The van der Waals surface area contributed by atoms with Gasteiger partial charge < -0.3 is 20.3 Å². The Morgan fingerprint density at radius 3 is 2.38 bits per heavy atom. The molecule has 0 aromatic rings. The van der Waals surface area contributed by atoms with Crippen molar-refractivity contribution < 1.29 is 14.6 Å². The molecule has 0 saturated heterocycles. The Balaban J connectivity index is 4.52. The summed E-state index contributed by atoms with van der Waals surface area (Å²) in [6.45, 7) is 9.37. The Morgan fingerprint density at radius 1 is 1.29 bits per heavy atom. The van der Waals surface area contributed by atoms with E-state index in [0.29, 0.717) is 19.8 Å². The van der Waals surface area contributed by atoms with Crippen LogP contribution < -0.4 is 5.73 Å². The molecule has 124 valence electrons. The maximum Gasteiger partial charge on any atom is 0.117 e. The standard InChI is InChI=1S/C17H33NO3/c1-5-8-16(20-12-11-18)13-15(4)21-14-17(19,9-6-2)10-7-3/h5,8,13,15,19H,6-7,9-12,14,18H2,1-4H3/b8-5-,16-13+. The summed E-state index contributed by atoms with van der Waals surface area (Å²) >= 11 is 0. The molecule has 4 nitrogen and oxygen atoms in total. The molecular formula is C17H33NO3. The molecule has 0 radical (unpaired) electrons. The SMILES string of the molecule is C/C=C\C(=C/C(C)OCC(O)(CCC)CCC)OCCN. The van der Waals surface area contributed by atoms with E-state index < -0.39 is 5.60 Å². The summed E-state index contributed by atoms with van der Waals surface area (Å²) in [5.41, 5.74) is 4.73. The van der Waals surface area contributed by atoms with Gasteiger partial charge in [0.15, 0.2) is 0 Å². The summed E-state index contributed by atoms with van der Waals surface area (Å²) in [5.74, 6) is 0.755. The lowest BCUT2D eigenvalue weighted by atomic mass is 9.94. The Bertz CT molecular complexity index is 307. The van der Waals surface area contributed by atoms with Crippen LogP contribution in [0.25, 0.3) is 0 Å². The molecular weight excluding hydrogens is 266 g/mol. The number of hydrogen-bond acceptors (Lipinski definition) is 4. The average Bonchev–Trinajstić information content (AvgIpc) is 2.43. The molecule has 3 N–H and O–H groups in total. The van der Waals surface area contributed by atoms with Gasteiger partial charge in [-0.05, 0) is 38.8 Å². The molecule has 1 atom stereocenters. The summed E-state index contributed by atoms with van der Waals surface area (Å²) < 4.78 is 11.3. The Morgan fingerprint density at radius 2 is 1.90 bits per heavy atom. The zero-order valence-electron chi connectivity index (χ0n) is 14.1. The molecule has 0 heterocycles. The van der Waals surface area contributed by atoms with E-state index in [1.165, 1.54) is 0 Å². The first kappa shape index (κ1) is 20.2. The van der Waals surface area contributed by atoms with Crippen LogP contribution in [0.15, 0.2) is 24.0 Å². The summed E-state index contributed by atoms with van der Waals surface area (Å²) in [6.07, 6.45) is 9.04. The molecule has 1 unspecified atom stereocenters. The maximum atomic E-state index is 10.5. The normalized spacial score (nSPS) is 14.7. The lowest BCUT2D eigenvalue weighted by molar-refractivity contribution is -0.0693. The van der Waals surface area contributed by atoms with Crippen LogP contribution in [0.1, 0.15) is 53.4 Å². The highest BCUT2D eigenvalue weighted by atomic mass is 16.5. The quantitative estimate of drug-likeness (QED) is 0.429. The van der Waals surface area contributed by atoms with Crippen LogP contribution in [0.2, 0.25) is 0 Å². The highest BCUT2D eigenvalue weighted by molar-refractivity contribution is 5.13. The molecule has 0 aliphatic rings. The fourth-order valence-electron chi connectivity index (χ4n) is 2.26. The number of ether oxygens (including phenoxy) is 2. The van der Waals surface area contributed by atoms with Gasteiger partial charge in [0.2, 0.25) is 0 Å². The second-order valence-corrected chi connectivity index (χ2v) is 5.45. The van der Waals surface area contributed by atoms with Gasteiger partial charge in [-0.3, -0.25) is 0 Å². The van der Waals surface area contributed by atoms with Crippen LogP contribution >= 0.6 is 0 Å². The van der Waals surface area contributed by atoms with E-state index >= 15 is 0 Å². The van der Waals surface area contributed by atoms with Crippen LogP contribution in [-0.2, 0) is 9.47 Å². The minimum absolute atomic E-state index is 0.116. The molecule has 0 bridgehead atoms. The summed E-state index contributed by atoms with van der Waals surface area (Å²) in [4.78, 5) is 0. The van der Waals surface area contributed by atoms with E-state index in [1.54, 1.807) is 0 Å². The van der Waals surface area contributed by atoms with Gasteiger partial charge in [-0.25, -0.2) is 0 Å². The zero-order valence-corrected chi connectivity index (χ0v) is 14.1. The van der Waals surface area contributed by atoms with E-state index in [9.17, 15) is 5.11 Å². The monoisotopic (exact) mass is 299 g/mol. The summed E-state index contributed by atoms with van der Waals surface area (Å²) in [6, 6.07) is 0. The van der Waals surface area contributed by atoms with Crippen molar-refractivity contribution in [1.29, 1.82) is 0 Å². The van der Waals surface area contributed by atoms with E-state index in [1.807, 2.05) is 32.1 Å². The number of nitrogens with two attached hydrogens (primary N) is 1. The van der Waals surface area contributed by atoms with Crippen molar-refractivity contribution in [3.63, 3.8) is 0 Å². The molecule has 0 aliphatic carbocycles. The number of hydrogen-bond donors (Lipinski definition) is 2. The van der Waals surface area contributed by atoms with Gasteiger partial charge in [-0.1, -0.05) is 32.8 Å². The Kier molecular flexibility index (Phi) is 11.3. The number of aliphatic hydroxyl groups is 1. The molecule has 0 aliphatic heterocycles. The maximum absolute atomic E-state index is 10.5. The minimum atomic E-state index is -0.718. The van der Waals surface area contributed by atoms with Gasteiger partial charge in [-0.2, -0.15) is 0 Å². The lowest BCUT2D eigenvalue weighted by Crippen LogP contribution is -2.35. The van der Waals surface area contributed by atoms with Crippen molar-refractivity contribution in [3.05, 3.63) is 24.0 Å². The van der Waals surface area contributed by atoms with Crippen LogP contribution in [-0.4, -0.2) is 36.6 Å². The van der Waals surface area contributed by atoms with Gasteiger partial charge in [0.1, 0.15) is 12.4 Å². The van der Waals surface area contributed by atoms with Crippen molar-refractivity contribution in [3.8, 4) is 0 Å². The molecule has 0 aromatic heterocycles. The van der Waals surface area contributed by atoms with Crippen molar-refractivity contribution in [1.82, 2.24) is 0 Å². The first-order valence-electron chi connectivity index (χ1n) is 8.02. The predicted octanol–water partition coefficient (Wildman–Crippen LogP) is 3.16. The van der Waals surface area contributed by atoms with Crippen molar-refractivity contribution in [2.24, 2.45) is 5.73 Å². The molecule has 0 amide bonds. The second-order valence-electron chi connectivity index (χ2n) is 5.45. The molecule has 0 rings (SSSR count). The lowest BCUT2D eigenvalue weighted by Gasteiger charge is -2.28.